The minimum absolute atomic E-state index is 0.0591. The summed E-state index contributed by atoms with van der Waals surface area (Å²) in [6, 6.07) is 10.7. The molecule has 1 aliphatic heterocycles. The number of aryl methyl sites for hydroxylation is 1. The van der Waals surface area contributed by atoms with Gasteiger partial charge in [-0.05, 0) is 36.8 Å². The van der Waals surface area contributed by atoms with Crippen molar-refractivity contribution in [3.05, 3.63) is 58.1 Å². The summed E-state index contributed by atoms with van der Waals surface area (Å²) in [7, 11) is 2.97. The van der Waals surface area contributed by atoms with Gasteiger partial charge < -0.3 is 14.8 Å². The van der Waals surface area contributed by atoms with Crippen LogP contribution in [0.25, 0.3) is 0 Å². The Morgan fingerprint density at radius 2 is 1.96 bits per heavy atom. The van der Waals surface area contributed by atoms with E-state index in [0.717, 1.165) is 22.4 Å². The standard InChI is InChI=1S/C20H19ClN2O3S/c1-11-8-14(25-2)9-15-18(11)23-20(27)16(10-17(24)26-3)22-19(15)12-4-6-13(21)7-5-12/h4-9,16H,10H2,1-3H3,(H,23,27). The van der Waals surface area contributed by atoms with Crippen LogP contribution in [0.4, 0.5) is 5.69 Å². The zero-order valence-electron chi connectivity index (χ0n) is 15.2. The van der Waals surface area contributed by atoms with Crippen molar-refractivity contribution in [2.45, 2.75) is 19.4 Å². The van der Waals surface area contributed by atoms with Crippen LogP contribution in [0.2, 0.25) is 5.02 Å². The molecule has 0 amide bonds. The lowest BCUT2D eigenvalue weighted by Crippen LogP contribution is -2.27. The summed E-state index contributed by atoms with van der Waals surface area (Å²) in [4.78, 5) is 17.1. The quantitative estimate of drug-likeness (QED) is 0.614. The molecule has 0 fully saturated rings. The third kappa shape index (κ3) is 4.12. The van der Waals surface area contributed by atoms with Gasteiger partial charge in [0.2, 0.25) is 0 Å². The number of esters is 1. The zero-order chi connectivity index (χ0) is 19.6. The minimum Gasteiger partial charge on any atom is -0.497 e. The van der Waals surface area contributed by atoms with Crippen molar-refractivity contribution in [1.82, 2.24) is 0 Å². The van der Waals surface area contributed by atoms with E-state index in [0.29, 0.717) is 21.5 Å². The SMILES string of the molecule is COC(=O)CC1N=C(c2ccc(Cl)cc2)c2cc(OC)cc(C)c2NC1=S. The molecule has 2 aromatic rings. The molecule has 1 aliphatic rings. The maximum absolute atomic E-state index is 11.8. The van der Waals surface area contributed by atoms with Gasteiger partial charge in [0.15, 0.2) is 0 Å². The van der Waals surface area contributed by atoms with Gasteiger partial charge >= 0.3 is 5.97 Å². The number of thiocarbonyl (C=S) groups is 1. The van der Waals surface area contributed by atoms with Crippen molar-refractivity contribution >= 4 is 46.2 Å². The van der Waals surface area contributed by atoms with Gasteiger partial charge in [-0.25, -0.2) is 0 Å². The van der Waals surface area contributed by atoms with Crippen LogP contribution in [0, 0.1) is 6.92 Å². The maximum Gasteiger partial charge on any atom is 0.308 e. The Kier molecular flexibility index (Phi) is 5.77. The first-order chi connectivity index (χ1) is 12.9. The molecule has 0 aromatic heterocycles. The summed E-state index contributed by atoms with van der Waals surface area (Å²) in [5.41, 5.74) is 4.25. The number of methoxy groups -OCH3 is 2. The lowest BCUT2D eigenvalue weighted by molar-refractivity contribution is -0.140. The highest BCUT2D eigenvalue weighted by atomic mass is 35.5. The highest BCUT2D eigenvalue weighted by molar-refractivity contribution is 7.80. The number of rotatable bonds is 4. The van der Waals surface area contributed by atoms with Gasteiger partial charge in [0, 0.05) is 16.1 Å². The Morgan fingerprint density at radius 3 is 2.59 bits per heavy atom. The van der Waals surface area contributed by atoms with Crippen molar-refractivity contribution in [3.63, 3.8) is 0 Å². The molecule has 1 heterocycles. The molecule has 0 saturated heterocycles. The van der Waals surface area contributed by atoms with Crippen LogP contribution in [-0.4, -0.2) is 36.9 Å². The number of aliphatic imine (C=N–C) groups is 1. The van der Waals surface area contributed by atoms with E-state index in [1.165, 1.54) is 7.11 Å². The average molecular weight is 403 g/mol. The molecule has 0 bridgehead atoms. The summed E-state index contributed by atoms with van der Waals surface area (Å²) < 4.78 is 10.2. The monoisotopic (exact) mass is 402 g/mol. The fourth-order valence-electron chi connectivity index (χ4n) is 2.93. The molecule has 2 aromatic carbocycles. The lowest BCUT2D eigenvalue weighted by Gasteiger charge is -2.15. The van der Waals surface area contributed by atoms with Crippen molar-refractivity contribution in [2.24, 2.45) is 4.99 Å². The molecule has 0 radical (unpaired) electrons. The fraction of sp³-hybridized carbons (Fsp3) is 0.250. The Hall–Kier alpha value is -2.44. The summed E-state index contributed by atoms with van der Waals surface area (Å²) in [6.07, 6.45) is 0.0591. The highest BCUT2D eigenvalue weighted by Gasteiger charge is 2.27. The molecule has 1 N–H and O–H groups in total. The first-order valence-corrected chi connectivity index (χ1v) is 9.12. The van der Waals surface area contributed by atoms with Crippen LogP contribution >= 0.6 is 23.8 Å². The molecule has 1 unspecified atom stereocenters. The number of carbonyl (C=O) groups excluding carboxylic acids is 1. The number of nitrogens with zero attached hydrogens (tertiary/aromatic N) is 1. The van der Waals surface area contributed by atoms with Crippen molar-refractivity contribution in [1.29, 1.82) is 0 Å². The maximum atomic E-state index is 11.8. The Balaban J connectivity index is 2.20. The van der Waals surface area contributed by atoms with Crippen molar-refractivity contribution in [2.75, 3.05) is 19.5 Å². The van der Waals surface area contributed by atoms with E-state index in [2.05, 4.69) is 5.32 Å². The largest absolute Gasteiger partial charge is 0.497 e. The summed E-state index contributed by atoms with van der Waals surface area (Å²) in [6.45, 7) is 1.97. The van der Waals surface area contributed by atoms with Gasteiger partial charge in [-0.15, -0.1) is 0 Å². The summed E-state index contributed by atoms with van der Waals surface area (Å²) >= 11 is 11.6. The smallest absolute Gasteiger partial charge is 0.308 e. The molecule has 1 atom stereocenters. The van der Waals surface area contributed by atoms with E-state index >= 15 is 0 Å². The van der Waals surface area contributed by atoms with Crippen LogP contribution in [0.3, 0.4) is 0 Å². The molecule has 0 saturated carbocycles. The van der Waals surface area contributed by atoms with Gasteiger partial charge in [-0.1, -0.05) is 36.0 Å². The van der Waals surface area contributed by atoms with Gasteiger partial charge in [0.05, 0.1) is 32.0 Å². The number of anilines is 1. The second-order valence-corrected chi connectivity index (χ2v) is 7.01. The Bertz CT molecular complexity index is 926. The van der Waals surface area contributed by atoms with Crippen LogP contribution in [0.5, 0.6) is 5.75 Å². The van der Waals surface area contributed by atoms with Crippen LogP contribution in [0.15, 0.2) is 41.4 Å². The number of benzodiazepines with no additional fused rings is 1. The molecule has 0 aliphatic carbocycles. The van der Waals surface area contributed by atoms with Crippen LogP contribution < -0.4 is 10.1 Å². The average Bonchev–Trinajstić information content (AvgIpc) is 2.80. The van der Waals surface area contributed by atoms with Gasteiger partial charge in [0.25, 0.3) is 0 Å². The van der Waals surface area contributed by atoms with E-state index in [-0.39, 0.29) is 12.4 Å². The van der Waals surface area contributed by atoms with Crippen LogP contribution in [-0.2, 0) is 9.53 Å². The Morgan fingerprint density at radius 1 is 1.26 bits per heavy atom. The van der Waals surface area contributed by atoms with Gasteiger partial charge in [0.1, 0.15) is 16.8 Å². The Labute approximate surface area is 168 Å². The first-order valence-electron chi connectivity index (χ1n) is 8.33. The topological polar surface area (TPSA) is 59.9 Å². The minimum atomic E-state index is -0.532. The molecule has 27 heavy (non-hydrogen) atoms. The second kappa shape index (κ2) is 8.06. The molecule has 140 valence electrons. The first kappa shape index (κ1) is 19.3. The highest BCUT2D eigenvalue weighted by Crippen LogP contribution is 2.32. The van der Waals surface area contributed by atoms with Crippen molar-refractivity contribution < 1.29 is 14.3 Å². The lowest BCUT2D eigenvalue weighted by atomic mass is 9.98. The predicted octanol–water partition coefficient (Wildman–Crippen LogP) is 4.18. The molecule has 5 nitrogen and oxygen atoms in total. The second-order valence-electron chi connectivity index (χ2n) is 6.14. The molecular formula is C20H19ClN2O3S. The normalized spacial score (nSPS) is 15.9. The number of hydrogen-bond acceptors (Lipinski definition) is 5. The molecule has 0 spiro atoms. The molecule has 7 heteroatoms. The predicted molar refractivity (Wildman–Crippen MR) is 111 cm³/mol. The summed E-state index contributed by atoms with van der Waals surface area (Å²) in [5.74, 6) is 0.343. The molecule has 3 rings (SSSR count). The van der Waals surface area contributed by atoms with Crippen molar-refractivity contribution in [3.8, 4) is 5.75 Å². The number of ether oxygens (including phenoxy) is 2. The van der Waals surface area contributed by atoms with E-state index in [9.17, 15) is 4.79 Å². The number of nitrogens with one attached hydrogen (secondary N) is 1. The van der Waals surface area contributed by atoms with Gasteiger partial charge in [-0.3, -0.25) is 9.79 Å². The number of fused-ring (bicyclic) bond motifs is 1. The third-order valence-electron chi connectivity index (χ3n) is 4.34. The van der Waals surface area contributed by atoms with E-state index < -0.39 is 6.04 Å². The van der Waals surface area contributed by atoms with Crippen LogP contribution in [0.1, 0.15) is 23.1 Å². The summed E-state index contributed by atoms with van der Waals surface area (Å²) in [5, 5.41) is 3.89. The van der Waals surface area contributed by atoms with E-state index in [1.54, 1.807) is 19.2 Å². The van der Waals surface area contributed by atoms with Gasteiger partial charge in [-0.2, -0.15) is 0 Å². The van der Waals surface area contributed by atoms with E-state index in [1.807, 2.05) is 31.2 Å². The number of hydrogen-bond donors (Lipinski definition) is 1. The fourth-order valence-corrected chi connectivity index (χ4v) is 3.30. The number of benzene rings is 2. The third-order valence-corrected chi connectivity index (χ3v) is 4.97. The van der Waals surface area contributed by atoms with E-state index in [4.69, 9.17) is 38.3 Å². The number of carbonyl (C=O) groups is 1. The molecular weight excluding hydrogens is 384 g/mol. The number of halogens is 1. The zero-order valence-corrected chi connectivity index (χ0v) is 16.8.